The lowest BCUT2D eigenvalue weighted by Gasteiger charge is -2.24. The third kappa shape index (κ3) is 4.87. The van der Waals surface area contributed by atoms with Gasteiger partial charge in [-0.15, -0.1) is 0 Å². The number of morpholine rings is 1. The van der Waals surface area contributed by atoms with E-state index in [2.05, 4.69) is 15.5 Å². The lowest BCUT2D eigenvalue weighted by atomic mass is 10.1. The molecule has 3 rings (SSSR count). The number of hydrogen-bond acceptors (Lipinski definition) is 5. The number of aromatic nitrogens is 1. The van der Waals surface area contributed by atoms with Crippen LogP contribution in [-0.4, -0.2) is 50.5 Å². The Hall–Kier alpha value is -2.77. The number of nitrogens with one attached hydrogen (secondary N) is 2. The van der Waals surface area contributed by atoms with Crippen LogP contribution in [0, 0.1) is 0 Å². The fraction of sp³-hybridized carbons (Fsp3) is 0.316. The Morgan fingerprint density at radius 3 is 2.96 bits per heavy atom. The Labute approximate surface area is 152 Å². The van der Waals surface area contributed by atoms with Gasteiger partial charge in [-0.1, -0.05) is 0 Å². The Bertz CT molecular complexity index is 759. The van der Waals surface area contributed by atoms with Gasteiger partial charge in [0.1, 0.15) is 25.4 Å². The normalized spacial score (nSPS) is 15.1. The SMILES string of the molecule is COc1ccc(/C=N\NC(=O)c2cccnc2)cc1C[NH+]1CCOCC1. The van der Waals surface area contributed by atoms with Crippen LogP contribution in [0.15, 0.2) is 47.8 Å². The molecule has 1 fully saturated rings. The number of quaternary nitrogens is 1. The lowest BCUT2D eigenvalue weighted by molar-refractivity contribution is -0.921. The maximum Gasteiger partial charge on any atom is 0.272 e. The van der Waals surface area contributed by atoms with Crippen molar-refractivity contribution in [1.82, 2.24) is 10.4 Å². The molecule has 7 heteroatoms. The zero-order valence-corrected chi connectivity index (χ0v) is 14.8. The summed E-state index contributed by atoms with van der Waals surface area (Å²) in [6.07, 6.45) is 4.75. The molecule has 1 amide bonds. The highest BCUT2D eigenvalue weighted by molar-refractivity contribution is 5.94. The molecule has 0 aliphatic carbocycles. The summed E-state index contributed by atoms with van der Waals surface area (Å²) in [5.41, 5.74) is 5.00. The van der Waals surface area contributed by atoms with Crippen LogP contribution in [-0.2, 0) is 11.3 Å². The van der Waals surface area contributed by atoms with Gasteiger partial charge in [0.15, 0.2) is 0 Å². The topological polar surface area (TPSA) is 77.2 Å². The molecule has 0 bridgehead atoms. The van der Waals surface area contributed by atoms with E-state index in [0.717, 1.165) is 49.7 Å². The number of amides is 1. The molecule has 0 saturated carbocycles. The van der Waals surface area contributed by atoms with Crippen LogP contribution in [0.5, 0.6) is 5.75 Å². The Morgan fingerprint density at radius 1 is 1.38 bits per heavy atom. The molecular formula is C19H23N4O3+. The second kappa shape index (κ2) is 9.07. The maximum atomic E-state index is 12.0. The Kier molecular flexibility index (Phi) is 6.29. The van der Waals surface area contributed by atoms with E-state index in [1.165, 1.54) is 11.1 Å². The number of hydrogen-bond donors (Lipinski definition) is 2. The standard InChI is InChI=1S/C19H22N4O3/c1-25-18-5-4-15(11-17(18)14-23-7-9-26-10-8-23)12-21-22-19(24)16-3-2-6-20-13-16/h2-6,11-13H,7-10,14H2,1H3,(H,22,24)/p+1/b21-12-. The number of carbonyl (C=O) groups excluding carboxylic acids is 1. The highest BCUT2D eigenvalue weighted by atomic mass is 16.5. The van der Waals surface area contributed by atoms with Gasteiger partial charge in [0.05, 0.1) is 32.1 Å². The summed E-state index contributed by atoms with van der Waals surface area (Å²) >= 11 is 0. The molecular weight excluding hydrogens is 332 g/mol. The van der Waals surface area contributed by atoms with E-state index in [0.29, 0.717) is 5.56 Å². The summed E-state index contributed by atoms with van der Waals surface area (Å²) < 4.78 is 10.9. The van der Waals surface area contributed by atoms with Crippen molar-refractivity contribution in [2.45, 2.75) is 6.54 Å². The molecule has 0 atom stereocenters. The second-order valence-electron chi connectivity index (χ2n) is 6.05. The average Bonchev–Trinajstić information content (AvgIpc) is 2.69. The van der Waals surface area contributed by atoms with Crippen LogP contribution >= 0.6 is 0 Å². The molecule has 2 N–H and O–H groups in total. The van der Waals surface area contributed by atoms with Gasteiger partial charge in [-0.3, -0.25) is 9.78 Å². The van der Waals surface area contributed by atoms with Gasteiger partial charge in [0.2, 0.25) is 0 Å². The lowest BCUT2D eigenvalue weighted by Crippen LogP contribution is -3.12. The van der Waals surface area contributed by atoms with E-state index in [4.69, 9.17) is 9.47 Å². The van der Waals surface area contributed by atoms with Crippen LogP contribution in [0.2, 0.25) is 0 Å². The first kappa shape index (κ1) is 18.0. The summed E-state index contributed by atoms with van der Waals surface area (Å²) in [6.45, 7) is 4.43. The quantitative estimate of drug-likeness (QED) is 0.576. The number of hydrazone groups is 1. The summed E-state index contributed by atoms with van der Waals surface area (Å²) in [7, 11) is 1.68. The third-order valence-corrected chi connectivity index (χ3v) is 4.25. The minimum atomic E-state index is -0.291. The predicted molar refractivity (Wildman–Crippen MR) is 97.5 cm³/mol. The molecule has 2 heterocycles. The van der Waals surface area contributed by atoms with E-state index < -0.39 is 0 Å². The van der Waals surface area contributed by atoms with Gasteiger partial charge in [-0.05, 0) is 35.9 Å². The molecule has 0 spiro atoms. The largest absolute Gasteiger partial charge is 0.496 e. The first-order valence-electron chi connectivity index (χ1n) is 8.58. The highest BCUT2D eigenvalue weighted by Gasteiger charge is 2.16. The number of rotatable bonds is 6. The molecule has 1 aliphatic heterocycles. The summed E-state index contributed by atoms with van der Waals surface area (Å²) in [5, 5.41) is 4.04. The molecule has 1 aliphatic rings. The number of methoxy groups -OCH3 is 1. The molecule has 136 valence electrons. The van der Waals surface area contributed by atoms with Gasteiger partial charge < -0.3 is 14.4 Å². The predicted octanol–water partition coefficient (Wildman–Crippen LogP) is 0.269. The van der Waals surface area contributed by atoms with Crippen molar-refractivity contribution in [3.05, 3.63) is 59.4 Å². The molecule has 7 nitrogen and oxygen atoms in total. The maximum absolute atomic E-state index is 12.0. The molecule has 2 aromatic rings. The van der Waals surface area contributed by atoms with Crippen molar-refractivity contribution in [3.8, 4) is 5.75 Å². The van der Waals surface area contributed by atoms with Gasteiger partial charge in [0.25, 0.3) is 5.91 Å². The fourth-order valence-corrected chi connectivity index (χ4v) is 2.85. The summed E-state index contributed by atoms with van der Waals surface area (Å²) in [6, 6.07) is 9.29. The van der Waals surface area contributed by atoms with Crippen molar-refractivity contribution in [3.63, 3.8) is 0 Å². The van der Waals surface area contributed by atoms with Crippen molar-refractivity contribution >= 4 is 12.1 Å². The van der Waals surface area contributed by atoms with Crippen molar-refractivity contribution in [2.24, 2.45) is 5.10 Å². The zero-order valence-electron chi connectivity index (χ0n) is 14.8. The number of nitrogens with zero attached hydrogens (tertiary/aromatic N) is 2. The van der Waals surface area contributed by atoms with Crippen molar-refractivity contribution in [2.75, 3.05) is 33.4 Å². The molecule has 0 radical (unpaired) electrons. The van der Waals surface area contributed by atoms with Crippen LogP contribution in [0.4, 0.5) is 0 Å². The fourth-order valence-electron chi connectivity index (χ4n) is 2.85. The average molecular weight is 355 g/mol. The minimum Gasteiger partial charge on any atom is -0.496 e. The van der Waals surface area contributed by atoms with E-state index >= 15 is 0 Å². The van der Waals surface area contributed by atoms with Crippen molar-refractivity contribution < 1.29 is 19.2 Å². The van der Waals surface area contributed by atoms with Gasteiger partial charge >= 0.3 is 0 Å². The summed E-state index contributed by atoms with van der Waals surface area (Å²) in [5.74, 6) is 0.571. The van der Waals surface area contributed by atoms with Gasteiger partial charge in [-0.2, -0.15) is 5.10 Å². The molecule has 1 saturated heterocycles. The Balaban J connectivity index is 1.65. The smallest absolute Gasteiger partial charge is 0.272 e. The van der Waals surface area contributed by atoms with Crippen LogP contribution < -0.4 is 15.1 Å². The van der Waals surface area contributed by atoms with E-state index in [9.17, 15) is 4.79 Å². The van der Waals surface area contributed by atoms with E-state index in [1.807, 2.05) is 18.2 Å². The van der Waals surface area contributed by atoms with E-state index in [-0.39, 0.29) is 5.91 Å². The number of ether oxygens (including phenoxy) is 2. The third-order valence-electron chi connectivity index (χ3n) is 4.25. The first-order valence-corrected chi connectivity index (χ1v) is 8.58. The van der Waals surface area contributed by atoms with Gasteiger partial charge in [0, 0.05) is 18.0 Å². The molecule has 1 aromatic heterocycles. The molecule has 1 aromatic carbocycles. The van der Waals surface area contributed by atoms with E-state index in [1.54, 1.807) is 31.7 Å². The molecule has 0 unspecified atom stereocenters. The minimum absolute atomic E-state index is 0.291. The van der Waals surface area contributed by atoms with Crippen LogP contribution in [0.3, 0.4) is 0 Å². The zero-order chi connectivity index (χ0) is 18.2. The summed E-state index contributed by atoms with van der Waals surface area (Å²) in [4.78, 5) is 17.4. The highest BCUT2D eigenvalue weighted by Crippen LogP contribution is 2.18. The van der Waals surface area contributed by atoms with Crippen LogP contribution in [0.1, 0.15) is 21.5 Å². The first-order chi connectivity index (χ1) is 12.8. The number of pyridine rings is 1. The number of benzene rings is 1. The Morgan fingerprint density at radius 2 is 2.23 bits per heavy atom. The number of carbonyl (C=O) groups is 1. The van der Waals surface area contributed by atoms with Crippen molar-refractivity contribution in [1.29, 1.82) is 0 Å². The second-order valence-corrected chi connectivity index (χ2v) is 6.05. The van der Waals surface area contributed by atoms with Gasteiger partial charge in [-0.25, -0.2) is 5.43 Å². The van der Waals surface area contributed by atoms with Crippen LogP contribution in [0.25, 0.3) is 0 Å². The molecule has 26 heavy (non-hydrogen) atoms. The monoisotopic (exact) mass is 355 g/mol.